The molecule has 0 radical (unpaired) electrons. The standard InChI is InChI=1S/C24H21ClF4N2O5S/c1-35-12-11-31(23(32)30-18-7-10-22(26)21(25)14-18)15-16-5-8-19(9-6-16)36-37(33,34)20-4-2-3-17(13-20)24(27,28)29/h2-10,13-14H,11-12,15H2,1H3,(H,30,32). The number of amides is 2. The lowest BCUT2D eigenvalue weighted by Gasteiger charge is -2.23. The zero-order valence-corrected chi connectivity index (χ0v) is 20.8. The van der Waals surface area contributed by atoms with Crippen molar-refractivity contribution >= 4 is 33.4 Å². The zero-order chi connectivity index (χ0) is 27.2. The largest absolute Gasteiger partial charge is 0.416 e. The van der Waals surface area contributed by atoms with E-state index in [2.05, 4.69) is 5.32 Å². The van der Waals surface area contributed by atoms with Crippen molar-refractivity contribution in [3.05, 3.63) is 88.7 Å². The molecule has 0 atom stereocenters. The maximum absolute atomic E-state index is 13.4. The highest BCUT2D eigenvalue weighted by Gasteiger charge is 2.32. The van der Waals surface area contributed by atoms with Crippen LogP contribution in [-0.4, -0.2) is 39.6 Å². The third-order valence-corrected chi connectivity index (χ3v) is 6.51. The van der Waals surface area contributed by atoms with E-state index in [1.54, 1.807) is 0 Å². The zero-order valence-electron chi connectivity index (χ0n) is 19.3. The third kappa shape index (κ3) is 7.81. The van der Waals surface area contributed by atoms with Gasteiger partial charge in [-0.05, 0) is 54.1 Å². The SMILES string of the molecule is COCCN(Cc1ccc(OS(=O)(=O)c2cccc(C(F)(F)F)c2)cc1)C(=O)Nc1ccc(F)c(Cl)c1. The van der Waals surface area contributed by atoms with Crippen LogP contribution in [0.2, 0.25) is 5.02 Å². The summed E-state index contributed by atoms with van der Waals surface area (Å²) in [5.74, 6) is -0.761. The van der Waals surface area contributed by atoms with Crippen LogP contribution in [0.4, 0.5) is 28.0 Å². The number of carbonyl (C=O) groups is 1. The molecular weight excluding hydrogens is 540 g/mol. The van der Waals surface area contributed by atoms with E-state index in [0.717, 1.165) is 24.3 Å². The smallest absolute Gasteiger partial charge is 0.383 e. The van der Waals surface area contributed by atoms with Crippen LogP contribution in [-0.2, 0) is 27.6 Å². The molecule has 0 bridgehead atoms. The number of nitrogens with one attached hydrogen (secondary N) is 1. The van der Waals surface area contributed by atoms with Gasteiger partial charge in [0.1, 0.15) is 16.5 Å². The minimum Gasteiger partial charge on any atom is -0.383 e. The monoisotopic (exact) mass is 560 g/mol. The fraction of sp³-hybridized carbons (Fsp3) is 0.208. The lowest BCUT2D eigenvalue weighted by Crippen LogP contribution is -2.36. The van der Waals surface area contributed by atoms with E-state index >= 15 is 0 Å². The molecule has 3 aromatic rings. The number of halogens is 5. The van der Waals surface area contributed by atoms with Crippen LogP contribution in [0.15, 0.2) is 71.6 Å². The van der Waals surface area contributed by atoms with Gasteiger partial charge in [0.05, 0.1) is 17.2 Å². The van der Waals surface area contributed by atoms with Gasteiger partial charge in [0.2, 0.25) is 0 Å². The van der Waals surface area contributed by atoms with Crippen LogP contribution in [0.3, 0.4) is 0 Å². The second kappa shape index (κ2) is 11.8. The van der Waals surface area contributed by atoms with Crippen molar-refractivity contribution < 1.29 is 39.7 Å². The number of nitrogens with zero attached hydrogens (tertiary/aromatic N) is 1. The minimum absolute atomic E-state index is 0.0881. The number of anilines is 1. The summed E-state index contributed by atoms with van der Waals surface area (Å²) in [6, 6.07) is 12.0. The topological polar surface area (TPSA) is 84.9 Å². The van der Waals surface area contributed by atoms with E-state index in [0.29, 0.717) is 11.6 Å². The third-order valence-electron chi connectivity index (χ3n) is 4.98. The van der Waals surface area contributed by atoms with Gasteiger partial charge in [-0.2, -0.15) is 21.6 Å². The van der Waals surface area contributed by atoms with Gasteiger partial charge in [-0.25, -0.2) is 9.18 Å². The average molecular weight is 561 g/mol. The van der Waals surface area contributed by atoms with E-state index in [4.69, 9.17) is 20.5 Å². The lowest BCUT2D eigenvalue weighted by atomic mass is 10.2. The normalized spacial score (nSPS) is 11.7. The molecule has 0 fully saturated rings. The lowest BCUT2D eigenvalue weighted by molar-refractivity contribution is -0.137. The number of rotatable bonds is 9. The van der Waals surface area contributed by atoms with Crippen molar-refractivity contribution in [2.24, 2.45) is 0 Å². The van der Waals surface area contributed by atoms with E-state index in [9.17, 15) is 30.8 Å². The molecule has 0 spiro atoms. The maximum atomic E-state index is 13.4. The second-order valence-electron chi connectivity index (χ2n) is 7.68. The Morgan fingerprint density at radius 2 is 1.76 bits per heavy atom. The maximum Gasteiger partial charge on any atom is 0.416 e. The molecule has 0 aliphatic heterocycles. The molecule has 0 heterocycles. The fourth-order valence-electron chi connectivity index (χ4n) is 3.10. The summed E-state index contributed by atoms with van der Waals surface area (Å²) in [5.41, 5.74) is -0.251. The molecule has 2 amide bonds. The Balaban J connectivity index is 1.71. The number of urea groups is 1. The van der Waals surface area contributed by atoms with Crippen molar-refractivity contribution in [1.82, 2.24) is 4.90 Å². The van der Waals surface area contributed by atoms with Gasteiger partial charge in [-0.15, -0.1) is 0 Å². The summed E-state index contributed by atoms with van der Waals surface area (Å²) in [6.45, 7) is 0.498. The molecule has 198 valence electrons. The predicted octanol–water partition coefficient (Wildman–Crippen LogP) is 5.95. The van der Waals surface area contributed by atoms with Crippen molar-refractivity contribution in [2.45, 2.75) is 17.6 Å². The van der Waals surface area contributed by atoms with Crippen LogP contribution in [0, 0.1) is 5.82 Å². The number of alkyl halides is 3. The first kappa shape index (κ1) is 28.2. The summed E-state index contributed by atoms with van der Waals surface area (Å²) in [5, 5.41) is 2.46. The molecular formula is C24H21ClF4N2O5S. The number of ether oxygens (including phenoxy) is 1. The first-order valence-corrected chi connectivity index (χ1v) is 12.4. The summed E-state index contributed by atoms with van der Waals surface area (Å²) in [4.78, 5) is 13.5. The Morgan fingerprint density at radius 1 is 1.05 bits per heavy atom. The van der Waals surface area contributed by atoms with Gasteiger partial charge >= 0.3 is 22.3 Å². The number of carbonyl (C=O) groups excluding carboxylic acids is 1. The Morgan fingerprint density at radius 3 is 2.38 bits per heavy atom. The Bertz CT molecular complexity index is 1350. The van der Waals surface area contributed by atoms with Gasteiger partial charge in [0.15, 0.2) is 0 Å². The van der Waals surface area contributed by atoms with Crippen molar-refractivity contribution in [2.75, 3.05) is 25.6 Å². The first-order chi connectivity index (χ1) is 17.4. The van der Waals surface area contributed by atoms with Crippen molar-refractivity contribution in [3.8, 4) is 5.75 Å². The average Bonchev–Trinajstić information content (AvgIpc) is 2.84. The number of hydrogen-bond donors (Lipinski definition) is 1. The van der Waals surface area contributed by atoms with Crippen LogP contribution < -0.4 is 9.50 Å². The molecule has 13 heteroatoms. The van der Waals surface area contributed by atoms with E-state index in [1.807, 2.05) is 0 Å². The Hall–Kier alpha value is -3.35. The molecule has 0 aromatic heterocycles. The Labute approximate surface area is 215 Å². The van der Waals surface area contributed by atoms with Gasteiger partial charge in [-0.1, -0.05) is 29.8 Å². The molecule has 0 saturated heterocycles. The Kier molecular flexibility index (Phi) is 9.00. The highest BCUT2D eigenvalue weighted by atomic mass is 35.5. The van der Waals surface area contributed by atoms with Crippen molar-refractivity contribution in [3.63, 3.8) is 0 Å². The van der Waals surface area contributed by atoms with Crippen molar-refractivity contribution in [1.29, 1.82) is 0 Å². The second-order valence-corrected chi connectivity index (χ2v) is 9.63. The first-order valence-electron chi connectivity index (χ1n) is 10.6. The van der Waals surface area contributed by atoms with Crippen LogP contribution in [0.1, 0.15) is 11.1 Å². The minimum atomic E-state index is -4.71. The molecule has 37 heavy (non-hydrogen) atoms. The molecule has 1 N–H and O–H groups in total. The summed E-state index contributed by atoms with van der Waals surface area (Å²) >= 11 is 5.75. The molecule has 7 nitrogen and oxygen atoms in total. The molecule has 0 aliphatic carbocycles. The van der Waals surface area contributed by atoms with Gasteiger partial charge in [0, 0.05) is 25.9 Å². The highest BCUT2D eigenvalue weighted by Crippen LogP contribution is 2.31. The predicted molar refractivity (Wildman–Crippen MR) is 128 cm³/mol. The number of hydrogen-bond acceptors (Lipinski definition) is 5. The summed E-state index contributed by atoms with van der Waals surface area (Å²) in [7, 11) is -3.06. The van der Waals surface area contributed by atoms with E-state index in [-0.39, 0.29) is 36.2 Å². The highest BCUT2D eigenvalue weighted by molar-refractivity contribution is 7.87. The quantitative estimate of drug-likeness (QED) is 0.258. The van der Waals surface area contributed by atoms with Gasteiger partial charge in [-0.3, -0.25) is 0 Å². The molecule has 0 unspecified atom stereocenters. The molecule has 3 rings (SSSR count). The van der Waals surface area contributed by atoms with Crippen LogP contribution in [0.25, 0.3) is 0 Å². The molecule has 3 aromatic carbocycles. The van der Waals surface area contributed by atoms with Gasteiger partial charge < -0.3 is 19.1 Å². The van der Waals surface area contributed by atoms with Gasteiger partial charge in [0.25, 0.3) is 0 Å². The van der Waals surface area contributed by atoms with E-state index in [1.165, 1.54) is 48.4 Å². The van der Waals surface area contributed by atoms with Crippen LogP contribution in [0.5, 0.6) is 5.75 Å². The fourth-order valence-corrected chi connectivity index (χ4v) is 4.26. The molecule has 0 saturated carbocycles. The van der Waals surface area contributed by atoms with E-state index < -0.39 is 38.6 Å². The van der Waals surface area contributed by atoms with Crippen LogP contribution >= 0.6 is 11.6 Å². The number of benzene rings is 3. The summed E-state index contributed by atoms with van der Waals surface area (Å²) < 4.78 is 87.1. The number of methoxy groups -OCH3 is 1. The summed E-state index contributed by atoms with van der Waals surface area (Å²) in [6.07, 6.45) is -4.71. The molecule has 0 aliphatic rings.